The Kier molecular flexibility index (Phi) is 4.55. The highest BCUT2D eigenvalue weighted by molar-refractivity contribution is 5.21. The van der Waals surface area contributed by atoms with Gasteiger partial charge in [-0.3, -0.25) is 0 Å². The fourth-order valence-electron chi connectivity index (χ4n) is 3.28. The molecule has 1 aliphatic heterocycles. The molecule has 1 aliphatic rings. The van der Waals surface area contributed by atoms with Crippen molar-refractivity contribution in [1.82, 2.24) is 4.90 Å². The molecule has 0 aliphatic carbocycles. The van der Waals surface area contributed by atoms with Crippen LogP contribution in [0.5, 0.6) is 0 Å². The van der Waals surface area contributed by atoms with E-state index in [2.05, 4.69) is 25.7 Å². The minimum Gasteiger partial charge on any atom is -0.384 e. The SMILES string of the molecule is CC(O)(CN1CCC(C(C)(C)C)CC1)c1ccccc1. The van der Waals surface area contributed by atoms with Gasteiger partial charge >= 0.3 is 0 Å². The van der Waals surface area contributed by atoms with Crippen LogP contribution in [-0.2, 0) is 5.60 Å². The van der Waals surface area contributed by atoms with Crippen LogP contribution >= 0.6 is 0 Å². The van der Waals surface area contributed by atoms with Gasteiger partial charge in [-0.2, -0.15) is 0 Å². The van der Waals surface area contributed by atoms with Gasteiger partial charge in [0.25, 0.3) is 0 Å². The number of hydrogen-bond donors (Lipinski definition) is 1. The van der Waals surface area contributed by atoms with Crippen molar-refractivity contribution < 1.29 is 5.11 Å². The van der Waals surface area contributed by atoms with Gasteiger partial charge in [0, 0.05) is 6.54 Å². The molecular formula is C18H29NO. The fraction of sp³-hybridized carbons (Fsp3) is 0.667. The lowest BCUT2D eigenvalue weighted by Crippen LogP contribution is -2.44. The molecule has 1 heterocycles. The average Bonchev–Trinajstić information content (AvgIpc) is 2.39. The minimum atomic E-state index is -0.754. The zero-order valence-electron chi connectivity index (χ0n) is 13.4. The third kappa shape index (κ3) is 3.83. The van der Waals surface area contributed by atoms with Crippen LogP contribution in [0, 0.1) is 11.3 Å². The maximum atomic E-state index is 10.7. The van der Waals surface area contributed by atoms with Gasteiger partial charge in [-0.1, -0.05) is 51.1 Å². The van der Waals surface area contributed by atoms with Gasteiger partial charge in [0.05, 0.1) is 5.60 Å². The number of nitrogens with zero attached hydrogens (tertiary/aromatic N) is 1. The van der Waals surface area contributed by atoms with E-state index in [-0.39, 0.29) is 0 Å². The Labute approximate surface area is 123 Å². The molecule has 1 aromatic carbocycles. The van der Waals surface area contributed by atoms with Crippen molar-refractivity contribution >= 4 is 0 Å². The lowest BCUT2D eigenvalue weighted by Gasteiger charge is -2.41. The zero-order chi connectivity index (χ0) is 14.8. The smallest absolute Gasteiger partial charge is 0.0994 e. The second-order valence-corrected chi connectivity index (χ2v) is 7.56. The number of β-amino-alcohol motifs (C(OH)–C–C–N with tert-alkyl or cyclic N) is 1. The summed E-state index contributed by atoms with van der Waals surface area (Å²) in [5.41, 5.74) is 0.669. The number of benzene rings is 1. The molecule has 112 valence electrons. The van der Waals surface area contributed by atoms with Crippen LogP contribution in [0.1, 0.15) is 46.1 Å². The van der Waals surface area contributed by atoms with Gasteiger partial charge in [-0.05, 0) is 49.8 Å². The molecule has 1 aromatic rings. The minimum absolute atomic E-state index is 0.411. The molecule has 0 bridgehead atoms. The van der Waals surface area contributed by atoms with Gasteiger partial charge in [0.15, 0.2) is 0 Å². The molecule has 1 N–H and O–H groups in total. The Hall–Kier alpha value is -0.860. The summed E-state index contributed by atoms with van der Waals surface area (Å²) in [5.74, 6) is 0.806. The van der Waals surface area contributed by atoms with Crippen molar-refractivity contribution in [2.24, 2.45) is 11.3 Å². The van der Waals surface area contributed by atoms with Crippen molar-refractivity contribution in [1.29, 1.82) is 0 Å². The number of rotatable bonds is 3. The molecule has 1 unspecified atom stereocenters. The van der Waals surface area contributed by atoms with Crippen molar-refractivity contribution in [2.75, 3.05) is 19.6 Å². The van der Waals surface area contributed by atoms with E-state index in [9.17, 15) is 5.11 Å². The molecule has 0 amide bonds. The second-order valence-electron chi connectivity index (χ2n) is 7.56. The lowest BCUT2D eigenvalue weighted by atomic mass is 9.75. The Morgan fingerprint density at radius 2 is 1.60 bits per heavy atom. The fourth-order valence-corrected chi connectivity index (χ4v) is 3.28. The summed E-state index contributed by atoms with van der Waals surface area (Å²) >= 11 is 0. The molecule has 0 saturated carbocycles. The lowest BCUT2D eigenvalue weighted by molar-refractivity contribution is -0.00149. The molecule has 0 radical (unpaired) electrons. The Morgan fingerprint density at radius 1 is 1.05 bits per heavy atom. The van der Waals surface area contributed by atoms with Gasteiger partial charge < -0.3 is 10.0 Å². The molecule has 2 rings (SSSR count). The van der Waals surface area contributed by atoms with Gasteiger partial charge in [-0.15, -0.1) is 0 Å². The molecule has 2 nitrogen and oxygen atoms in total. The maximum Gasteiger partial charge on any atom is 0.0994 e. The first-order chi connectivity index (χ1) is 9.29. The summed E-state index contributed by atoms with van der Waals surface area (Å²) in [6, 6.07) is 10.0. The molecular weight excluding hydrogens is 246 g/mol. The summed E-state index contributed by atoms with van der Waals surface area (Å²) in [7, 11) is 0. The highest BCUT2D eigenvalue weighted by Crippen LogP contribution is 2.35. The van der Waals surface area contributed by atoms with E-state index in [1.54, 1.807) is 0 Å². The molecule has 20 heavy (non-hydrogen) atoms. The van der Waals surface area contributed by atoms with E-state index in [4.69, 9.17) is 0 Å². The quantitative estimate of drug-likeness (QED) is 0.910. The number of likely N-dealkylation sites (tertiary alicyclic amines) is 1. The third-order valence-corrected chi connectivity index (χ3v) is 4.74. The highest BCUT2D eigenvalue weighted by Gasteiger charge is 2.32. The summed E-state index contributed by atoms with van der Waals surface area (Å²) in [6.45, 7) is 11.9. The Bertz CT molecular complexity index is 411. The average molecular weight is 275 g/mol. The van der Waals surface area contributed by atoms with Crippen molar-refractivity contribution in [3.63, 3.8) is 0 Å². The molecule has 1 saturated heterocycles. The first-order valence-electron chi connectivity index (χ1n) is 7.79. The van der Waals surface area contributed by atoms with Crippen LogP contribution in [0.25, 0.3) is 0 Å². The van der Waals surface area contributed by atoms with Crippen LogP contribution < -0.4 is 0 Å². The molecule has 0 aromatic heterocycles. The molecule has 2 heteroatoms. The highest BCUT2D eigenvalue weighted by atomic mass is 16.3. The first-order valence-corrected chi connectivity index (χ1v) is 7.79. The van der Waals surface area contributed by atoms with Crippen LogP contribution in [0.2, 0.25) is 0 Å². The van der Waals surface area contributed by atoms with E-state index < -0.39 is 5.60 Å². The summed E-state index contributed by atoms with van der Waals surface area (Å²) in [5, 5.41) is 10.7. The van der Waals surface area contributed by atoms with E-state index >= 15 is 0 Å². The van der Waals surface area contributed by atoms with Crippen molar-refractivity contribution in [3.05, 3.63) is 35.9 Å². The molecule has 0 spiro atoms. The normalized spacial score (nSPS) is 21.6. The third-order valence-electron chi connectivity index (χ3n) is 4.74. The van der Waals surface area contributed by atoms with E-state index in [1.165, 1.54) is 12.8 Å². The van der Waals surface area contributed by atoms with Crippen LogP contribution in [0.4, 0.5) is 0 Å². The summed E-state index contributed by atoms with van der Waals surface area (Å²) in [4.78, 5) is 2.41. The zero-order valence-corrected chi connectivity index (χ0v) is 13.4. The van der Waals surface area contributed by atoms with Crippen molar-refractivity contribution in [2.45, 2.75) is 46.1 Å². The number of piperidine rings is 1. The monoisotopic (exact) mass is 275 g/mol. The van der Waals surface area contributed by atoms with Crippen LogP contribution in [0.15, 0.2) is 30.3 Å². The van der Waals surface area contributed by atoms with E-state index in [0.29, 0.717) is 5.41 Å². The van der Waals surface area contributed by atoms with Crippen LogP contribution in [-0.4, -0.2) is 29.6 Å². The molecule has 1 fully saturated rings. The topological polar surface area (TPSA) is 23.5 Å². The van der Waals surface area contributed by atoms with Crippen molar-refractivity contribution in [3.8, 4) is 0 Å². The number of hydrogen-bond acceptors (Lipinski definition) is 2. The Morgan fingerprint density at radius 3 is 2.10 bits per heavy atom. The predicted molar refractivity (Wildman–Crippen MR) is 84.6 cm³/mol. The van der Waals surface area contributed by atoms with E-state index in [0.717, 1.165) is 31.1 Å². The van der Waals surface area contributed by atoms with E-state index in [1.807, 2.05) is 37.3 Å². The predicted octanol–water partition coefficient (Wildman–Crippen LogP) is 3.65. The number of aliphatic hydroxyl groups is 1. The first kappa shape index (κ1) is 15.5. The molecule has 1 atom stereocenters. The Balaban J connectivity index is 1.92. The maximum absolute atomic E-state index is 10.7. The van der Waals surface area contributed by atoms with Crippen LogP contribution in [0.3, 0.4) is 0 Å². The van der Waals surface area contributed by atoms with Gasteiger partial charge in [-0.25, -0.2) is 0 Å². The summed E-state index contributed by atoms with van der Waals surface area (Å²) in [6.07, 6.45) is 2.49. The largest absolute Gasteiger partial charge is 0.384 e. The van der Waals surface area contributed by atoms with Gasteiger partial charge in [0.2, 0.25) is 0 Å². The summed E-state index contributed by atoms with van der Waals surface area (Å²) < 4.78 is 0. The van der Waals surface area contributed by atoms with Gasteiger partial charge in [0.1, 0.15) is 0 Å². The standard InChI is InChI=1S/C18H29NO/c1-17(2,3)15-10-12-19(13-11-15)14-18(4,20)16-8-6-5-7-9-16/h5-9,15,20H,10-14H2,1-4H3. The second kappa shape index (κ2) is 5.87.